The number of hydrogen-bond donors (Lipinski definition) is 0. The van der Waals surface area contributed by atoms with Crippen LogP contribution in [-0.2, 0) is 14.3 Å². The lowest BCUT2D eigenvalue weighted by Gasteiger charge is -2.27. The van der Waals surface area contributed by atoms with Crippen LogP contribution in [0.3, 0.4) is 0 Å². The van der Waals surface area contributed by atoms with Gasteiger partial charge in [0, 0.05) is 0 Å². The van der Waals surface area contributed by atoms with Gasteiger partial charge in [0.05, 0.1) is 7.11 Å². The SMILES string of the molecule is COS(=O)(=O)CC(F)(F)C(F)(F)C(F)(F)F. The Labute approximate surface area is 85.3 Å². The van der Waals surface area contributed by atoms with Crippen LogP contribution in [0.5, 0.6) is 0 Å². The number of hydrogen-bond acceptors (Lipinski definition) is 3. The Morgan fingerprint density at radius 1 is 1.00 bits per heavy atom. The molecular formula is C5H5F7O3S. The average Bonchev–Trinajstić information content (AvgIpc) is 2.00. The third-order valence-corrected chi connectivity index (χ3v) is 2.65. The lowest BCUT2D eigenvalue weighted by molar-refractivity contribution is -0.348. The maximum atomic E-state index is 12.5. The van der Waals surface area contributed by atoms with Crippen LogP contribution in [0.2, 0.25) is 0 Å². The molecule has 0 rings (SSSR count). The van der Waals surface area contributed by atoms with Crippen LogP contribution < -0.4 is 0 Å². The lowest BCUT2D eigenvalue weighted by Crippen LogP contribution is -2.55. The van der Waals surface area contributed by atoms with Crippen molar-refractivity contribution >= 4 is 10.1 Å². The molecule has 0 saturated carbocycles. The summed E-state index contributed by atoms with van der Waals surface area (Å²) in [4.78, 5) is 0. The second kappa shape index (κ2) is 4.02. The Hall–Kier alpha value is -0.580. The van der Waals surface area contributed by atoms with Crippen molar-refractivity contribution in [2.24, 2.45) is 0 Å². The van der Waals surface area contributed by atoms with Crippen molar-refractivity contribution in [3.05, 3.63) is 0 Å². The first-order chi connectivity index (χ1) is 6.77. The number of halogens is 7. The van der Waals surface area contributed by atoms with Gasteiger partial charge >= 0.3 is 18.0 Å². The van der Waals surface area contributed by atoms with Crippen molar-refractivity contribution in [1.29, 1.82) is 0 Å². The first kappa shape index (κ1) is 15.4. The molecule has 0 heterocycles. The first-order valence-corrected chi connectivity index (χ1v) is 4.95. The van der Waals surface area contributed by atoms with Crippen molar-refractivity contribution in [2.45, 2.75) is 18.0 Å². The minimum atomic E-state index is -6.56. The molecule has 11 heteroatoms. The van der Waals surface area contributed by atoms with Crippen molar-refractivity contribution in [2.75, 3.05) is 12.9 Å². The summed E-state index contributed by atoms with van der Waals surface area (Å²) in [6.07, 6.45) is -6.56. The summed E-state index contributed by atoms with van der Waals surface area (Å²) in [7, 11) is -4.79. The van der Waals surface area contributed by atoms with Gasteiger partial charge in [0.2, 0.25) is 0 Å². The van der Waals surface area contributed by atoms with E-state index >= 15 is 0 Å². The number of alkyl halides is 7. The van der Waals surface area contributed by atoms with Crippen LogP contribution >= 0.6 is 0 Å². The summed E-state index contributed by atoms with van der Waals surface area (Å²) < 4.78 is 108. The smallest absolute Gasteiger partial charge is 0.273 e. The first-order valence-electron chi connectivity index (χ1n) is 3.37. The molecule has 16 heavy (non-hydrogen) atoms. The third kappa shape index (κ3) is 2.97. The molecule has 0 bridgehead atoms. The van der Waals surface area contributed by atoms with Gasteiger partial charge in [0.1, 0.15) is 5.75 Å². The Kier molecular flexibility index (Phi) is 3.87. The van der Waals surface area contributed by atoms with E-state index in [0.717, 1.165) is 0 Å². The van der Waals surface area contributed by atoms with Gasteiger partial charge in [-0.05, 0) is 0 Å². The van der Waals surface area contributed by atoms with Crippen molar-refractivity contribution in [3.63, 3.8) is 0 Å². The van der Waals surface area contributed by atoms with E-state index < -0.39 is 33.9 Å². The average molecular weight is 278 g/mol. The zero-order chi connectivity index (χ0) is 13.4. The molecule has 3 nitrogen and oxygen atoms in total. The summed E-state index contributed by atoms with van der Waals surface area (Å²) in [5.74, 6) is -15.0. The van der Waals surface area contributed by atoms with Gasteiger partial charge in [-0.25, -0.2) is 0 Å². The van der Waals surface area contributed by atoms with Gasteiger partial charge in [0.15, 0.2) is 0 Å². The summed E-state index contributed by atoms with van der Waals surface area (Å²) >= 11 is 0. The molecule has 0 amide bonds. The molecule has 0 aliphatic rings. The highest BCUT2D eigenvalue weighted by Gasteiger charge is 2.73. The van der Waals surface area contributed by atoms with Crippen LogP contribution in [0, 0.1) is 0 Å². The normalized spacial score (nSPS) is 15.2. The fraction of sp³-hybridized carbons (Fsp3) is 1.00. The second-order valence-corrected chi connectivity index (χ2v) is 4.38. The van der Waals surface area contributed by atoms with Gasteiger partial charge in [-0.3, -0.25) is 4.18 Å². The van der Waals surface area contributed by atoms with E-state index in [9.17, 15) is 39.2 Å². The van der Waals surface area contributed by atoms with Crippen molar-refractivity contribution < 1.29 is 43.3 Å². The molecule has 0 fully saturated rings. The lowest BCUT2D eigenvalue weighted by atomic mass is 10.2. The van der Waals surface area contributed by atoms with Gasteiger partial charge in [-0.15, -0.1) is 0 Å². The zero-order valence-electron chi connectivity index (χ0n) is 7.49. The predicted molar refractivity (Wildman–Crippen MR) is 36.7 cm³/mol. The van der Waals surface area contributed by atoms with Gasteiger partial charge in [-0.2, -0.15) is 39.2 Å². The number of rotatable bonds is 4. The molecule has 0 aliphatic carbocycles. The third-order valence-electron chi connectivity index (χ3n) is 1.43. The molecule has 0 aromatic heterocycles. The van der Waals surface area contributed by atoms with Gasteiger partial charge < -0.3 is 0 Å². The molecule has 0 aromatic carbocycles. The summed E-state index contributed by atoms with van der Waals surface area (Å²) in [5, 5.41) is 0. The highest BCUT2D eigenvalue weighted by molar-refractivity contribution is 7.86. The van der Waals surface area contributed by atoms with E-state index in [2.05, 4.69) is 4.18 Å². The molecule has 98 valence electrons. The van der Waals surface area contributed by atoms with E-state index in [1.807, 2.05) is 0 Å². The summed E-state index contributed by atoms with van der Waals surface area (Å²) in [6, 6.07) is 0. The molecular weight excluding hydrogens is 273 g/mol. The van der Waals surface area contributed by atoms with Crippen LogP contribution in [0.4, 0.5) is 30.7 Å². The van der Waals surface area contributed by atoms with E-state index in [4.69, 9.17) is 0 Å². The molecule has 0 N–H and O–H groups in total. The largest absolute Gasteiger partial charge is 0.459 e. The Balaban J connectivity index is 5.23. The fourth-order valence-corrected chi connectivity index (χ4v) is 1.32. The van der Waals surface area contributed by atoms with Crippen molar-refractivity contribution in [1.82, 2.24) is 0 Å². The highest BCUT2D eigenvalue weighted by atomic mass is 32.2. The van der Waals surface area contributed by atoms with Crippen molar-refractivity contribution in [3.8, 4) is 0 Å². The molecule has 0 unspecified atom stereocenters. The Morgan fingerprint density at radius 2 is 1.38 bits per heavy atom. The molecule has 0 radical (unpaired) electrons. The van der Waals surface area contributed by atoms with Gasteiger partial charge in [-0.1, -0.05) is 0 Å². The summed E-state index contributed by atoms with van der Waals surface area (Å²) in [5.41, 5.74) is 0. The van der Waals surface area contributed by atoms with Crippen LogP contribution in [0.1, 0.15) is 0 Å². The zero-order valence-corrected chi connectivity index (χ0v) is 8.30. The minimum absolute atomic E-state index is 0.358. The molecule has 0 saturated heterocycles. The van der Waals surface area contributed by atoms with E-state index in [-0.39, 0.29) is 0 Å². The van der Waals surface area contributed by atoms with Crippen LogP contribution in [0.25, 0.3) is 0 Å². The van der Waals surface area contributed by atoms with E-state index in [1.165, 1.54) is 0 Å². The van der Waals surface area contributed by atoms with Crippen LogP contribution in [-0.4, -0.2) is 39.3 Å². The monoisotopic (exact) mass is 278 g/mol. The maximum Gasteiger partial charge on any atom is 0.459 e. The maximum absolute atomic E-state index is 12.5. The quantitative estimate of drug-likeness (QED) is 0.581. The van der Waals surface area contributed by atoms with Crippen LogP contribution in [0.15, 0.2) is 0 Å². The standard InChI is InChI=1S/C5H5F7O3S/c1-15-16(13,14)2-3(6,7)4(8,9)5(10,11)12/h2H2,1H3. The van der Waals surface area contributed by atoms with E-state index in [1.54, 1.807) is 0 Å². The Bertz CT molecular complexity index is 344. The molecule has 0 aromatic rings. The molecule has 0 aliphatic heterocycles. The minimum Gasteiger partial charge on any atom is -0.273 e. The molecule has 0 atom stereocenters. The Morgan fingerprint density at radius 3 is 1.62 bits per heavy atom. The summed E-state index contributed by atoms with van der Waals surface area (Å²) in [6.45, 7) is 0. The van der Waals surface area contributed by atoms with E-state index in [0.29, 0.717) is 7.11 Å². The highest BCUT2D eigenvalue weighted by Crippen LogP contribution is 2.46. The predicted octanol–water partition coefficient (Wildman–Crippen LogP) is 1.80. The van der Waals surface area contributed by atoms with Gasteiger partial charge in [0.25, 0.3) is 10.1 Å². The topological polar surface area (TPSA) is 43.4 Å². The second-order valence-electron chi connectivity index (χ2n) is 2.65. The fourth-order valence-electron chi connectivity index (χ4n) is 0.579. The molecule has 0 spiro atoms.